The molecule has 5 rings (SSSR count). The molecule has 4 aromatic rings. The number of aryl methyl sites for hydroxylation is 2. The third-order valence-corrected chi connectivity index (χ3v) is 6.53. The molecule has 0 N–H and O–H groups in total. The second kappa shape index (κ2) is 9.61. The fourth-order valence-corrected chi connectivity index (χ4v) is 4.37. The van der Waals surface area contributed by atoms with Gasteiger partial charge < -0.3 is 4.90 Å². The second-order valence-electron chi connectivity index (χ2n) is 8.90. The van der Waals surface area contributed by atoms with Gasteiger partial charge in [-0.25, -0.2) is 4.68 Å². The van der Waals surface area contributed by atoms with Crippen molar-refractivity contribution in [1.29, 1.82) is 0 Å². The Bertz CT molecular complexity index is 1270. The monoisotopic (exact) mass is 451 g/mol. The molecule has 6 heteroatoms. The van der Waals surface area contributed by atoms with Gasteiger partial charge in [0, 0.05) is 56.9 Å². The van der Waals surface area contributed by atoms with Gasteiger partial charge in [-0.1, -0.05) is 36.4 Å². The molecule has 1 aliphatic heterocycles. The van der Waals surface area contributed by atoms with Crippen molar-refractivity contribution >= 4 is 5.91 Å². The third kappa shape index (κ3) is 4.63. The van der Waals surface area contributed by atoms with E-state index in [1.165, 1.54) is 16.7 Å². The molecule has 6 nitrogen and oxygen atoms in total. The van der Waals surface area contributed by atoms with Crippen LogP contribution < -0.4 is 0 Å². The number of benzene rings is 2. The molecule has 0 atom stereocenters. The van der Waals surface area contributed by atoms with Crippen LogP contribution >= 0.6 is 0 Å². The minimum absolute atomic E-state index is 0.0384. The molecule has 34 heavy (non-hydrogen) atoms. The molecule has 1 amide bonds. The Kier molecular flexibility index (Phi) is 6.23. The van der Waals surface area contributed by atoms with Crippen LogP contribution in [0, 0.1) is 13.8 Å². The van der Waals surface area contributed by atoms with Crippen LogP contribution in [0.1, 0.15) is 27.0 Å². The maximum Gasteiger partial charge on any atom is 0.257 e. The van der Waals surface area contributed by atoms with Crippen molar-refractivity contribution in [2.75, 3.05) is 26.2 Å². The molecule has 172 valence electrons. The highest BCUT2D eigenvalue weighted by Gasteiger charge is 2.27. The zero-order chi connectivity index (χ0) is 23.5. The first-order valence-corrected chi connectivity index (χ1v) is 11.7. The molecule has 0 saturated carbocycles. The molecular formula is C28H29N5O. The summed E-state index contributed by atoms with van der Waals surface area (Å²) in [6, 6.07) is 20.3. The van der Waals surface area contributed by atoms with Crippen LogP contribution in [0.15, 0.2) is 79.3 Å². The standard InChI is InChI=1S/C28H29N5O/c1-21-10-11-24(17-22(21)2)27-26(20-33(30-27)25-8-4-3-5-9-25)28(34)32-15-13-31(14-16-32)19-23-7-6-12-29-18-23/h3-12,17-18,20H,13-16,19H2,1-2H3. The van der Waals surface area contributed by atoms with Gasteiger partial charge in [0.05, 0.1) is 11.3 Å². The molecule has 1 fully saturated rings. The zero-order valence-electron chi connectivity index (χ0n) is 19.7. The van der Waals surface area contributed by atoms with Gasteiger partial charge in [0.1, 0.15) is 5.69 Å². The van der Waals surface area contributed by atoms with Crippen molar-refractivity contribution in [3.8, 4) is 16.9 Å². The molecule has 0 radical (unpaired) electrons. The van der Waals surface area contributed by atoms with Gasteiger partial charge in [0.15, 0.2) is 0 Å². The van der Waals surface area contributed by atoms with Crippen LogP contribution in [0.4, 0.5) is 0 Å². The molecule has 1 saturated heterocycles. The predicted molar refractivity (Wildman–Crippen MR) is 134 cm³/mol. The molecule has 0 unspecified atom stereocenters. The summed E-state index contributed by atoms with van der Waals surface area (Å²) in [4.78, 5) is 22.2. The largest absolute Gasteiger partial charge is 0.336 e. The Hall–Kier alpha value is -3.77. The normalized spacial score (nSPS) is 14.4. The number of carbonyl (C=O) groups is 1. The van der Waals surface area contributed by atoms with E-state index < -0.39 is 0 Å². The van der Waals surface area contributed by atoms with Crippen molar-refractivity contribution in [1.82, 2.24) is 24.6 Å². The molecule has 0 bridgehead atoms. The van der Waals surface area contributed by atoms with E-state index >= 15 is 0 Å². The van der Waals surface area contributed by atoms with Crippen LogP contribution in [0.2, 0.25) is 0 Å². The first-order chi connectivity index (χ1) is 16.6. The van der Waals surface area contributed by atoms with Gasteiger partial charge in [0.2, 0.25) is 0 Å². The van der Waals surface area contributed by atoms with Crippen LogP contribution in [-0.4, -0.2) is 56.7 Å². The molecule has 2 aromatic carbocycles. The van der Waals surface area contributed by atoms with E-state index in [-0.39, 0.29) is 5.91 Å². The van der Waals surface area contributed by atoms with Crippen LogP contribution in [0.3, 0.4) is 0 Å². The Morgan fingerprint density at radius 2 is 1.71 bits per heavy atom. The van der Waals surface area contributed by atoms with Gasteiger partial charge >= 0.3 is 0 Å². The molecule has 3 heterocycles. The summed E-state index contributed by atoms with van der Waals surface area (Å²) in [5.41, 5.74) is 6.90. The van der Waals surface area contributed by atoms with Crippen molar-refractivity contribution < 1.29 is 4.79 Å². The Morgan fingerprint density at radius 3 is 2.41 bits per heavy atom. The lowest BCUT2D eigenvalue weighted by Gasteiger charge is -2.34. The van der Waals surface area contributed by atoms with Crippen LogP contribution in [0.5, 0.6) is 0 Å². The van der Waals surface area contributed by atoms with Gasteiger partial charge in [-0.05, 0) is 54.8 Å². The smallest absolute Gasteiger partial charge is 0.257 e. The van der Waals surface area contributed by atoms with E-state index in [1.807, 2.05) is 58.4 Å². The van der Waals surface area contributed by atoms with Gasteiger partial charge in [0.25, 0.3) is 5.91 Å². The maximum atomic E-state index is 13.7. The molecule has 0 aliphatic carbocycles. The summed E-state index contributed by atoms with van der Waals surface area (Å²) in [6.07, 6.45) is 5.58. The van der Waals surface area contributed by atoms with E-state index in [0.717, 1.165) is 36.6 Å². The number of pyridine rings is 1. The maximum absolute atomic E-state index is 13.7. The summed E-state index contributed by atoms with van der Waals surface area (Å²) >= 11 is 0. The number of hydrogen-bond acceptors (Lipinski definition) is 4. The Balaban J connectivity index is 1.40. The van der Waals surface area contributed by atoms with Crippen LogP contribution in [0.25, 0.3) is 16.9 Å². The van der Waals surface area contributed by atoms with Crippen molar-refractivity contribution in [2.45, 2.75) is 20.4 Å². The van der Waals surface area contributed by atoms with Crippen molar-refractivity contribution in [2.24, 2.45) is 0 Å². The number of nitrogens with zero attached hydrogens (tertiary/aromatic N) is 5. The van der Waals surface area contributed by atoms with Gasteiger partial charge in [-0.15, -0.1) is 0 Å². The highest BCUT2D eigenvalue weighted by molar-refractivity contribution is 6.00. The number of para-hydroxylation sites is 1. The lowest BCUT2D eigenvalue weighted by Crippen LogP contribution is -2.48. The number of aromatic nitrogens is 3. The first kappa shape index (κ1) is 22.0. The summed E-state index contributed by atoms with van der Waals surface area (Å²) in [6.45, 7) is 8.12. The molecular weight excluding hydrogens is 422 g/mol. The zero-order valence-corrected chi connectivity index (χ0v) is 19.7. The topological polar surface area (TPSA) is 54.3 Å². The average Bonchev–Trinajstić information content (AvgIpc) is 3.32. The number of rotatable bonds is 5. The van der Waals surface area contributed by atoms with E-state index in [1.54, 1.807) is 6.20 Å². The fraction of sp³-hybridized carbons (Fsp3) is 0.250. The third-order valence-electron chi connectivity index (χ3n) is 6.53. The van der Waals surface area contributed by atoms with E-state index in [9.17, 15) is 4.79 Å². The lowest BCUT2D eigenvalue weighted by atomic mass is 10.0. The van der Waals surface area contributed by atoms with Crippen molar-refractivity contribution in [3.05, 3.63) is 102 Å². The summed E-state index contributed by atoms with van der Waals surface area (Å²) in [5.74, 6) is 0.0384. The lowest BCUT2D eigenvalue weighted by molar-refractivity contribution is 0.0629. The molecule has 1 aliphatic rings. The average molecular weight is 452 g/mol. The van der Waals surface area contributed by atoms with Gasteiger partial charge in [-0.3, -0.25) is 14.7 Å². The van der Waals surface area contributed by atoms with Crippen molar-refractivity contribution in [3.63, 3.8) is 0 Å². The van der Waals surface area contributed by atoms with Gasteiger partial charge in [-0.2, -0.15) is 5.10 Å². The minimum Gasteiger partial charge on any atom is -0.336 e. The predicted octanol–water partition coefficient (Wildman–Crippen LogP) is 4.51. The second-order valence-corrected chi connectivity index (χ2v) is 8.90. The van der Waals surface area contributed by atoms with E-state index in [4.69, 9.17) is 5.10 Å². The Morgan fingerprint density at radius 1 is 0.912 bits per heavy atom. The summed E-state index contributed by atoms with van der Waals surface area (Å²) < 4.78 is 1.82. The fourth-order valence-electron chi connectivity index (χ4n) is 4.37. The highest BCUT2D eigenvalue weighted by Crippen LogP contribution is 2.27. The van der Waals surface area contributed by atoms with E-state index in [2.05, 4.69) is 48.0 Å². The van der Waals surface area contributed by atoms with E-state index in [0.29, 0.717) is 18.7 Å². The number of carbonyl (C=O) groups excluding carboxylic acids is 1. The van der Waals surface area contributed by atoms with Crippen LogP contribution in [-0.2, 0) is 6.54 Å². The highest BCUT2D eigenvalue weighted by atomic mass is 16.2. The summed E-state index contributed by atoms with van der Waals surface area (Å²) in [5, 5.41) is 4.86. The SMILES string of the molecule is Cc1ccc(-c2nn(-c3ccccc3)cc2C(=O)N2CCN(Cc3cccnc3)CC2)cc1C. The molecule has 0 spiro atoms. The minimum atomic E-state index is 0.0384. The summed E-state index contributed by atoms with van der Waals surface area (Å²) in [7, 11) is 0. The molecule has 2 aromatic heterocycles. The number of amides is 1. The first-order valence-electron chi connectivity index (χ1n) is 11.7. The quantitative estimate of drug-likeness (QED) is 0.448. The number of piperazine rings is 1. The number of hydrogen-bond donors (Lipinski definition) is 0. The Labute approximate surface area is 200 Å².